The van der Waals surface area contributed by atoms with Crippen LogP contribution in [0.25, 0.3) is 0 Å². The average Bonchev–Trinajstić information content (AvgIpc) is 2.76. The number of carbonyl (C=O) groups is 1. The zero-order chi connectivity index (χ0) is 16.1. The summed E-state index contributed by atoms with van der Waals surface area (Å²) in [4.78, 5) is 12.9. The van der Waals surface area contributed by atoms with E-state index >= 15 is 0 Å². The summed E-state index contributed by atoms with van der Waals surface area (Å²) in [6.45, 7) is 1.83. The molecule has 3 rings (SSSR count). The molecule has 0 amide bonds. The Labute approximate surface area is 137 Å². The first-order valence-corrected chi connectivity index (χ1v) is 7.50. The quantitative estimate of drug-likeness (QED) is 0.783. The maximum Gasteiger partial charge on any atom is 0.175 e. The fraction of sp³-hybridized carbons (Fsp3) is 0.235. The van der Waals surface area contributed by atoms with E-state index in [0.29, 0.717) is 17.7 Å². The van der Waals surface area contributed by atoms with Gasteiger partial charge in [0, 0.05) is 5.56 Å². The molecule has 1 aliphatic rings. The van der Waals surface area contributed by atoms with Crippen molar-refractivity contribution in [2.75, 3.05) is 7.11 Å². The highest BCUT2D eigenvalue weighted by atomic mass is 35.5. The van der Waals surface area contributed by atoms with Gasteiger partial charge in [0.05, 0.1) is 17.5 Å². The number of carbonyl (C=O) groups excluding carboxylic acids is 1. The van der Waals surface area contributed by atoms with Gasteiger partial charge in [-0.2, -0.15) is 0 Å². The van der Waals surface area contributed by atoms with E-state index < -0.39 is 5.41 Å². The third kappa shape index (κ3) is 2.11. The second kappa shape index (κ2) is 5.25. The van der Waals surface area contributed by atoms with Gasteiger partial charge < -0.3 is 4.74 Å². The minimum absolute atomic E-state index is 0.108. The molecule has 0 saturated carbocycles. The Bertz CT molecular complexity index is 771. The molecule has 0 spiro atoms. The second-order valence-corrected chi connectivity index (χ2v) is 6.34. The second-order valence-electron chi connectivity index (χ2n) is 5.59. The van der Waals surface area contributed by atoms with Gasteiger partial charge in [-0.3, -0.25) is 4.79 Å². The van der Waals surface area contributed by atoms with Crippen LogP contribution in [-0.2, 0) is 11.8 Å². The van der Waals surface area contributed by atoms with Crippen LogP contribution >= 0.6 is 23.2 Å². The third-order valence-corrected chi connectivity index (χ3v) is 5.08. The van der Waals surface area contributed by atoms with Gasteiger partial charge in [-0.05, 0) is 42.7 Å². The van der Waals surface area contributed by atoms with Crippen LogP contribution < -0.4 is 4.74 Å². The van der Waals surface area contributed by atoms with E-state index in [1.165, 1.54) is 19.2 Å². The van der Waals surface area contributed by atoms with E-state index in [9.17, 15) is 9.18 Å². The first kappa shape index (κ1) is 15.3. The van der Waals surface area contributed by atoms with Crippen LogP contribution in [0.3, 0.4) is 0 Å². The summed E-state index contributed by atoms with van der Waals surface area (Å²) in [5, 5.41) is 0.450. The molecular formula is C17H13Cl2FO2. The lowest BCUT2D eigenvalue weighted by molar-refractivity contribution is 0.0915. The normalized spacial score (nSPS) is 20.1. The Morgan fingerprint density at radius 3 is 2.41 bits per heavy atom. The first-order chi connectivity index (χ1) is 10.4. The zero-order valence-electron chi connectivity index (χ0n) is 12.0. The molecule has 0 heterocycles. The Balaban J connectivity index is 2.15. The third-order valence-electron chi connectivity index (χ3n) is 4.23. The van der Waals surface area contributed by atoms with E-state index in [1.807, 2.05) is 6.92 Å². The van der Waals surface area contributed by atoms with Gasteiger partial charge >= 0.3 is 0 Å². The molecule has 2 aromatic rings. The van der Waals surface area contributed by atoms with Crippen molar-refractivity contribution >= 4 is 29.0 Å². The summed E-state index contributed by atoms with van der Waals surface area (Å²) in [7, 11) is 1.50. The molecule has 0 fully saturated rings. The van der Waals surface area contributed by atoms with Gasteiger partial charge in [-0.1, -0.05) is 35.3 Å². The fourth-order valence-electron chi connectivity index (χ4n) is 2.97. The topological polar surface area (TPSA) is 26.3 Å². The molecule has 0 aliphatic heterocycles. The van der Waals surface area contributed by atoms with E-state index in [4.69, 9.17) is 27.9 Å². The number of Topliss-reactive ketones (excluding diaryl/α,β-unsaturated/α-hetero) is 1. The van der Waals surface area contributed by atoms with Gasteiger partial charge in [0.15, 0.2) is 5.78 Å². The van der Waals surface area contributed by atoms with Crippen molar-refractivity contribution in [3.63, 3.8) is 0 Å². The largest absolute Gasteiger partial charge is 0.495 e. The van der Waals surface area contributed by atoms with Crippen molar-refractivity contribution in [1.29, 1.82) is 0 Å². The van der Waals surface area contributed by atoms with Gasteiger partial charge in [0.25, 0.3) is 0 Å². The minimum Gasteiger partial charge on any atom is -0.495 e. The van der Waals surface area contributed by atoms with E-state index in [2.05, 4.69) is 0 Å². The minimum atomic E-state index is -0.782. The molecule has 114 valence electrons. The van der Waals surface area contributed by atoms with E-state index in [-0.39, 0.29) is 21.6 Å². The van der Waals surface area contributed by atoms with Gasteiger partial charge in [0.2, 0.25) is 0 Å². The van der Waals surface area contributed by atoms with Crippen molar-refractivity contribution < 1.29 is 13.9 Å². The Morgan fingerprint density at radius 2 is 1.82 bits per heavy atom. The molecule has 0 radical (unpaired) electrons. The summed E-state index contributed by atoms with van der Waals surface area (Å²) >= 11 is 12.4. The lowest BCUT2D eigenvalue weighted by atomic mass is 9.79. The predicted molar refractivity (Wildman–Crippen MR) is 84.8 cm³/mol. The molecule has 1 unspecified atom stereocenters. The number of rotatable bonds is 2. The van der Waals surface area contributed by atoms with Crippen molar-refractivity contribution in [3.8, 4) is 5.75 Å². The van der Waals surface area contributed by atoms with Gasteiger partial charge in [-0.15, -0.1) is 0 Å². The monoisotopic (exact) mass is 338 g/mol. The van der Waals surface area contributed by atoms with Crippen LogP contribution in [-0.4, -0.2) is 12.9 Å². The Morgan fingerprint density at radius 1 is 1.18 bits per heavy atom. The molecule has 0 bridgehead atoms. The lowest BCUT2D eigenvalue weighted by Gasteiger charge is -2.22. The smallest absolute Gasteiger partial charge is 0.175 e. The number of hydrogen-bond donors (Lipinski definition) is 0. The fourth-order valence-corrected chi connectivity index (χ4v) is 3.50. The van der Waals surface area contributed by atoms with Crippen LogP contribution in [0.4, 0.5) is 4.39 Å². The van der Waals surface area contributed by atoms with Crippen LogP contribution in [0, 0.1) is 5.82 Å². The van der Waals surface area contributed by atoms with Crippen molar-refractivity contribution in [3.05, 3.63) is 62.9 Å². The molecule has 22 heavy (non-hydrogen) atoms. The van der Waals surface area contributed by atoms with Crippen molar-refractivity contribution in [2.24, 2.45) is 0 Å². The summed E-state index contributed by atoms with van der Waals surface area (Å²) in [6, 6.07) is 7.71. The molecule has 5 heteroatoms. The maximum absolute atomic E-state index is 13.1. The number of ether oxygens (including phenoxy) is 1. The van der Waals surface area contributed by atoms with Gasteiger partial charge in [-0.25, -0.2) is 4.39 Å². The molecule has 0 N–H and O–H groups in total. The Hall–Kier alpha value is -1.58. The molecule has 2 aromatic carbocycles. The average molecular weight is 339 g/mol. The lowest BCUT2D eigenvalue weighted by Crippen LogP contribution is -2.29. The highest BCUT2D eigenvalue weighted by molar-refractivity contribution is 6.45. The number of benzene rings is 2. The van der Waals surface area contributed by atoms with Gasteiger partial charge in [0.1, 0.15) is 16.6 Å². The van der Waals surface area contributed by atoms with Crippen LogP contribution in [0.5, 0.6) is 5.75 Å². The molecule has 1 atom stereocenters. The van der Waals surface area contributed by atoms with Crippen LogP contribution in [0.2, 0.25) is 10.0 Å². The van der Waals surface area contributed by atoms with Crippen LogP contribution in [0.1, 0.15) is 28.4 Å². The highest BCUT2D eigenvalue weighted by Crippen LogP contribution is 2.47. The highest BCUT2D eigenvalue weighted by Gasteiger charge is 2.45. The van der Waals surface area contributed by atoms with E-state index in [1.54, 1.807) is 18.2 Å². The van der Waals surface area contributed by atoms with E-state index in [0.717, 1.165) is 11.1 Å². The SMILES string of the molecule is COc1cc2c(c(Cl)c1Cl)C(=O)C(C)(c1ccc(F)cc1)C2. The summed E-state index contributed by atoms with van der Waals surface area (Å²) < 4.78 is 18.3. The number of fused-ring (bicyclic) bond motifs is 1. The van der Waals surface area contributed by atoms with Crippen molar-refractivity contribution in [2.45, 2.75) is 18.8 Å². The molecular weight excluding hydrogens is 326 g/mol. The molecule has 1 aliphatic carbocycles. The number of halogens is 3. The maximum atomic E-state index is 13.1. The standard InChI is InChI=1S/C17H13Cl2FO2/c1-17(10-3-5-11(20)6-4-10)8-9-7-12(22-2)14(18)15(19)13(9)16(17)21/h3-7H,8H2,1-2H3. The van der Waals surface area contributed by atoms with Crippen LogP contribution in [0.15, 0.2) is 30.3 Å². The zero-order valence-corrected chi connectivity index (χ0v) is 13.6. The number of hydrogen-bond acceptors (Lipinski definition) is 2. The molecule has 0 saturated heterocycles. The summed E-state index contributed by atoms with van der Waals surface area (Å²) in [5.41, 5.74) is 1.19. The predicted octanol–water partition coefficient (Wildman–Crippen LogP) is 4.84. The molecule has 0 aromatic heterocycles. The number of methoxy groups -OCH3 is 1. The Kier molecular flexibility index (Phi) is 3.66. The summed E-state index contributed by atoms with van der Waals surface area (Å²) in [6.07, 6.45) is 0.472. The first-order valence-electron chi connectivity index (χ1n) is 6.74. The summed E-state index contributed by atoms with van der Waals surface area (Å²) in [5.74, 6) is 0.00305. The molecule has 2 nitrogen and oxygen atoms in total. The van der Waals surface area contributed by atoms with Crippen molar-refractivity contribution in [1.82, 2.24) is 0 Å². The number of ketones is 1.